The molecule has 7 heteroatoms. The van der Waals surface area contributed by atoms with Crippen molar-refractivity contribution in [1.82, 2.24) is 14.5 Å². The van der Waals surface area contributed by atoms with E-state index >= 15 is 0 Å². The molecule has 0 spiro atoms. The van der Waals surface area contributed by atoms with Crippen molar-refractivity contribution in [3.05, 3.63) is 69.6 Å². The summed E-state index contributed by atoms with van der Waals surface area (Å²) >= 11 is 0. The predicted octanol–water partition coefficient (Wildman–Crippen LogP) is 6.10. The van der Waals surface area contributed by atoms with Crippen LogP contribution in [0.2, 0.25) is 0 Å². The summed E-state index contributed by atoms with van der Waals surface area (Å²) in [6, 6.07) is 13.5. The molecule has 2 aromatic carbocycles. The summed E-state index contributed by atoms with van der Waals surface area (Å²) in [7, 11) is 0. The second kappa shape index (κ2) is 13.0. The van der Waals surface area contributed by atoms with Crippen LogP contribution in [0.1, 0.15) is 87.3 Å². The Balaban J connectivity index is 1.71. The zero-order chi connectivity index (χ0) is 27.9. The van der Waals surface area contributed by atoms with Crippen molar-refractivity contribution in [2.75, 3.05) is 18.0 Å². The number of fused-ring (bicyclic) bond motifs is 2. The third kappa shape index (κ3) is 6.75. The topological polar surface area (TPSA) is 75.5 Å². The number of carbonyl (C=O) groups excluding carboxylic acids is 2. The second-order valence-electron chi connectivity index (χ2n) is 11.1. The third-order valence-electron chi connectivity index (χ3n) is 7.55. The maximum atomic E-state index is 14.0. The van der Waals surface area contributed by atoms with Gasteiger partial charge >= 0.3 is 0 Å². The first-order chi connectivity index (χ1) is 18.8. The number of hydrogen-bond acceptors (Lipinski definition) is 4. The first-order valence-electron chi connectivity index (χ1n) is 14.5. The van der Waals surface area contributed by atoms with E-state index in [0.29, 0.717) is 49.4 Å². The van der Waals surface area contributed by atoms with Crippen molar-refractivity contribution in [3.63, 3.8) is 0 Å². The van der Waals surface area contributed by atoms with E-state index in [1.807, 2.05) is 53.1 Å². The molecular formula is C32H42N4O3. The van der Waals surface area contributed by atoms with Gasteiger partial charge in [0.15, 0.2) is 0 Å². The molecule has 0 aliphatic carbocycles. The summed E-state index contributed by atoms with van der Waals surface area (Å²) in [4.78, 5) is 48.2. The van der Waals surface area contributed by atoms with Crippen molar-refractivity contribution in [1.29, 1.82) is 0 Å². The van der Waals surface area contributed by atoms with Crippen LogP contribution in [0.3, 0.4) is 0 Å². The molecule has 0 N–H and O–H groups in total. The number of hydrogen-bond donors (Lipinski definition) is 0. The smallest absolute Gasteiger partial charge is 0.272 e. The molecule has 0 bridgehead atoms. The van der Waals surface area contributed by atoms with Crippen molar-refractivity contribution in [2.45, 2.75) is 85.7 Å². The quantitative estimate of drug-likeness (QED) is 0.408. The first-order valence-corrected chi connectivity index (χ1v) is 14.5. The number of aryl methyl sites for hydroxylation is 2. The van der Waals surface area contributed by atoms with Crippen LogP contribution in [0.25, 0.3) is 11.0 Å². The molecule has 0 radical (unpaired) electrons. The number of anilines is 1. The molecule has 1 aromatic heterocycles. The fourth-order valence-corrected chi connectivity index (χ4v) is 5.49. The van der Waals surface area contributed by atoms with E-state index < -0.39 is 0 Å². The van der Waals surface area contributed by atoms with Crippen LogP contribution in [0.15, 0.2) is 47.3 Å². The number of para-hydroxylation sites is 1. The Morgan fingerprint density at radius 3 is 2.36 bits per heavy atom. The molecule has 0 atom stereocenters. The van der Waals surface area contributed by atoms with E-state index in [2.05, 4.69) is 18.8 Å². The van der Waals surface area contributed by atoms with Crippen LogP contribution in [0.4, 0.5) is 5.69 Å². The first kappa shape index (κ1) is 28.5. The number of rotatable bonds is 4. The van der Waals surface area contributed by atoms with Gasteiger partial charge in [0.1, 0.15) is 5.69 Å². The molecule has 2 heterocycles. The number of aromatic nitrogens is 2. The highest BCUT2D eigenvalue weighted by atomic mass is 16.2. The summed E-state index contributed by atoms with van der Waals surface area (Å²) in [6.45, 7) is 10.1. The lowest BCUT2D eigenvalue weighted by atomic mass is 10.1. The summed E-state index contributed by atoms with van der Waals surface area (Å²) < 4.78 is 1.70. The summed E-state index contributed by atoms with van der Waals surface area (Å²) in [5.41, 5.74) is 4.16. The van der Waals surface area contributed by atoms with E-state index in [9.17, 15) is 14.4 Å². The fraction of sp³-hybridized carbons (Fsp3) is 0.500. The number of carbonyl (C=O) groups is 2. The Labute approximate surface area is 231 Å². The van der Waals surface area contributed by atoms with E-state index in [-0.39, 0.29) is 23.3 Å². The molecule has 3 aromatic rings. The van der Waals surface area contributed by atoms with Gasteiger partial charge in [0.05, 0.1) is 11.0 Å². The number of benzene rings is 2. The average Bonchev–Trinajstić information content (AvgIpc) is 2.93. The molecule has 0 unspecified atom stereocenters. The zero-order valence-electron chi connectivity index (χ0n) is 23.9. The molecule has 4 rings (SSSR count). The molecule has 0 saturated heterocycles. The monoisotopic (exact) mass is 530 g/mol. The van der Waals surface area contributed by atoms with Crippen LogP contribution in [0.5, 0.6) is 0 Å². The Bertz CT molecular complexity index is 1380. The molecule has 7 nitrogen and oxygen atoms in total. The highest BCUT2D eigenvalue weighted by Crippen LogP contribution is 2.26. The van der Waals surface area contributed by atoms with Gasteiger partial charge in [-0.25, -0.2) is 4.98 Å². The van der Waals surface area contributed by atoms with E-state index in [0.717, 1.165) is 55.3 Å². The Morgan fingerprint density at radius 2 is 1.64 bits per heavy atom. The Morgan fingerprint density at radius 1 is 0.949 bits per heavy atom. The Kier molecular flexibility index (Phi) is 9.54. The molecule has 1 aliphatic rings. The van der Waals surface area contributed by atoms with Crippen LogP contribution in [0, 0.1) is 12.8 Å². The molecule has 208 valence electrons. The maximum absolute atomic E-state index is 14.0. The van der Waals surface area contributed by atoms with Crippen molar-refractivity contribution >= 4 is 28.5 Å². The average molecular weight is 531 g/mol. The van der Waals surface area contributed by atoms with Gasteiger partial charge < -0.3 is 14.4 Å². The predicted molar refractivity (Wildman–Crippen MR) is 157 cm³/mol. The maximum Gasteiger partial charge on any atom is 0.272 e. The van der Waals surface area contributed by atoms with Crippen LogP contribution in [-0.4, -0.2) is 39.4 Å². The molecule has 1 aliphatic heterocycles. The van der Waals surface area contributed by atoms with Gasteiger partial charge in [0.25, 0.3) is 11.5 Å². The van der Waals surface area contributed by atoms with Crippen LogP contribution >= 0.6 is 0 Å². The van der Waals surface area contributed by atoms with Gasteiger partial charge in [-0.05, 0) is 62.4 Å². The minimum absolute atomic E-state index is 0.0599. The minimum Gasteiger partial charge on any atom is -0.334 e. The largest absolute Gasteiger partial charge is 0.334 e. The van der Waals surface area contributed by atoms with Gasteiger partial charge in [-0.2, -0.15) is 0 Å². The Hall–Kier alpha value is -3.48. The lowest BCUT2D eigenvalue weighted by Gasteiger charge is -2.29. The SMILES string of the molecule is CCn1c(=O)c(C)nc2cc(C(=O)N3CCCCCCCCN(C(=O)CC(C)C)c4ccccc4C3)ccc21. The van der Waals surface area contributed by atoms with Crippen LogP contribution in [-0.2, 0) is 17.9 Å². The second-order valence-corrected chi connectivity index (χ2v) is 11.1. The lowest BCUT2D eigenvalue weighted by molar-refractivity contribution is -0.119. The zero-order valence-corrected chi connectivity index (χ0v) is 23.9. The highest BCUT2D eigenvalue weighted by molar-refractivity contribution is 5.98. The van der Waals surface area contributed by atoms with Crippen molar-refractivity contribution in [2.24, 2.45) is 5.92 Å². The van der Waals surface area contributed by atoms with E-state index in [1.165, 1.54) is 0 Å². The normalized spacial score (nSPS) is 15.4. The lowest BCUT2D eigenvalue weighted by Crippen LogP contribution is -2.35. The van der Waals surface area contributed by atoms with Gasteiger partial charge in [0.2, 0.25) is 5.91 Å². The fourth-order valence-electron chi connectivity index (χ4n) is 5.49. The van der Waals surface area contributed by atoms with Gasteiger partial charge in [0, 0.05) is 43.9 Å². The summed E-state index contributed by atoms with van der Waals surface area (Å²) in [5, 5.41) is 0. The number of amides is 2. The number of nitrogens with zero attached hydrogens (tertiary/aromatic N) is 4. The molecule has 39 heavy (non-hydrogen) atoms. The summed E-state index contributed by atoms with van der Waals surface area (Å²) in [5.74, 6) is 0.361. The standard InChI is InChI=1S/C32H42N4O3/c1-5-35-29-17-16-25(21-27(29)33-24(4)31(35)38)32(39)34-18-12-8-6-7-9-13-19-36(30(37)20-23(2)3)28-15-11-10-14-26(28)22-34/h10-11,14-17,21,23H,5-9,12-13,18-20,22H2,1-4H3. The van der Waals surface area contributed by atoms with Gasteiger partial charge in [-0.1, -0.05) is 57.7 Å². The van der Waals surface area contributed by atoms with Crippen LogP contribution < -0.4 is 10.5 Å². The molecule has 2 amide bonds. The summed E-state index contributed by atoms with van der Waals surface area (Å²) in [6.07, 6.45) is 6.85. The minimum atomic E-state index is -0.101. The van der Waals surface area contributed by atoms with Gasteiger partial charge in [-0.15, -0.1) is 0 Å². The molecular weight excluding hydrogens is 488 g/mol. The molecule has 0 fully saturated rings. The van der Waals surface area contributed by atoms with Crippen molar-refractivity contribution < 1.29 is 9.59 Å². The van der Waals surface area contributed by atoms with E-state index in [4.69, 9.17) is 0 Å². The third-order valence-corrected chi connectivity index (χ3v) is 7.55. The van der Waals surface area contributed by atoms with Crippen molar-refractivity contribution in [3.8, 4) is 0 Å². The van der Waals surface area contributed by atoms with Gasteiger partial charge in [-0.3, -0.25) is 14.4 Å². The molecule has 0 saturated carbocycles. The van der Waals surface area contributed by atoms with E-state index in [1.54, 1.807) is 17.6 Å². The highest BCUT2D eigenvalue weighted by Gasteiger charge is 2.23.